The third kappa shape index (κ3) is 5.10. The molecule has 0 saturated heterocycles. The van der Waals surface area contributed by atoms with Crippen LogP contribution in [0.2, 0.25) is 0 Å². The van der Waals surface area contributed by atoms with Crippen LogP contribution in [0.15, 0.2) is 30.5 Å². The number of carbonyl (C=O) groups is 1. The molecular weight excluding hydrogens is 429 g/mol. The van der Waals surface area contributed by atoms with Crippen molar-refractivity contribution in [2.45, 2.75) is 39.5 Å². The van der Waals surface area contributed by atoms with Gasteiger partial charge in [0.1, 0.15) is 11.6 Å². The molecule has 2 aromatic heterocycles. The first kappa shape index (κ1) is 23.7. The first-order valence-corrected chi connectivity index (χ1v) is 10.7. The molecule has 1 saturated carbocycles. The van der Waals surface area contributed by atoms with Crippen LogP contribution < -0.4 is 16.0 Å². The predicted molar refractivity (Wildman–Crippen MR) is 130 cm³/mol. The fourth-order valence-electron chi connectivity index (χ4n) is 3.97. The minimum atomic E-state index is -0.456. The van der Waals surface area contributed by atoms with E-state index in [0.29, 0.717) is 12.5 Å². The summed E-state index contributed by atoms with van der Waals surface area (Å²) in [5, 5.41) is 9.41. The average molecular weight is 458 g/mol. The van der Waals surface area contributed by atoms with E-state index in [1.54, 1.807) is 12.3 Å². The minimum absolute atomic E-state index is 0. The van der Waals surface area contributed by atoms with Crippen LogP contribution in [0.25, 0.3) is 22.0 Å². The van der Waals surface area contributed by atoms with Crippen LogP contribution in [0.4, 0.5) is 20.7 Å². The van der Waals surface area contributed by atoms with Gasteiger partial charge in [0.25, 0.3) is 0 Å². The summed E-state index contributed by atoms with van der Waals surface area (Å²) in [5.41, 5.74) is 4.31. The van der Waals surface area contributed by atoms with Crippen molar-refractivity contribution in [1.29, 1.82) is 0 Å². The molecule has 2 amide bonds. The van der Waals surface area contributed by atoms with Crippen molar-refractivity contribution in [3.05, 3.63) is 47.5 Å². The third-order valence-electron chi connectivity index (χ3n) is 6.06. The molecule has 1 aliphatic carbocycles. The molecule has 1 aromatic carbocycles. The van der Waals surface area contributed by atoms with Crippen molar-refractivity contribution in [2.24, 2.45) is 5.92 Å². The Balaban J connectivity index is 0.00000289. The molecule has 0 atom stereocenters. The van der Waals surface area contributed by atoms with E-state index in [-0.39, 0.29) is 24.1 Å². The van der Waals surface area contributed by atoms with Gasteiger partial charge in [0.15, 0.2) is 0 Å². The number of amides is 2. The number of benzene rings is 1. The normalized spacial score (nSPS) is 13.2. The van der Waals surface area contributed by atoms with Gasteiger partial charge in [-0.15, -0.1) is 12.4 Å². The van der Waals surface area contributed by atoms with Crippen LogP contribution >= 0.6 is 12.4 Å². The summed E-state index contributed by atoms with van der Waals surface area (Å²) in [4.78, 5) is 21.3. The van der Waals surface area contributed by atoms with Crippen molar-refractivity contribution in [3.8, 4) is 11.1 Å². The van der Waals surface area contributed by atoms with E-state index >= 15 is 0 Å². The van der Waals surface area contributed by atoms with Gasteiger partial charge in [-0.2, -0.15) is 0 Å². The Bertz CT molecular complexity index is 1130. The number of halogens is 2. The van der Waals surface area contributed by atoms with Crippen LogP contribution in [0.3, 0.4) is 0 Å². The number of rotatable bonds is 6. The predicted octanol–water partition coefficient (Wildman–Crippen LogP) is 5.83. The number of pyridine rings is 2. The number of nitrogens with zero attached hydrogens (tertiary/aromatic N) is 2. The number of fused-ring (bicyclic) bond motifs is 1. The topological polar surface area (TPSA) is 78.9 Å². The molecule has 170 valence electrons. The van der Waals surface area contributed by atoms with E-state index in [2.05, 4.69) is 20.9 Å². The third-order valence-corrected chi connectivity index (χ3v) is 6.06. The fraction of sp³-hybridized carbons (Fsp3) is 0.375. The molecule has 0 radical (unpaired) electrons. The number of hydrogen-bond acceptors (Lipinski definition) is 4. The SMILES string of the molecule is CNc1cc2nc(C)c(-c3cc(NC(=O)NCCC4CCC4)c(F)cc3C)cc2cn1.Cl. The Kier molecular flexibility index (Phi) is 7.51. The Morgan fingerprint density at radius 2 is 1.94 bits per heavy atom. The van der Waals surface area contributed by atoms with Gasteiger partial charge in [-0.25, -0.2) is 14.2 Å². The molecule has 0 bridgehead atoms. The second-order valence-corrected chi connectivity index (χ2v) is 8.25. The molecule has 1 fully saturated rings. The second-order valence-electron chi connectivity index (χ2n) is 8.25. The first-order chi connectivity index (χ1) is 14.9. The van der Waals surface area contributed by atoms with Crippen molar-refractivity contribution < 1.29 is 9.18 Å². The number of urea groups is 1. The lowest BCUT2D eigenvalue weighted by molar-refractivity contribution is 0.247. The zero-order valence-electron chi connectivity index (χ0n) is 18.6. The van der Waals surface area contributed by atoms with Crippen molar-refractivity contribution >= 4 is 40.8 Å². The van der Waals surface area contributed by atoms with E-state index < -0.39 is 5.82 Å². The molecule has 3 N–H and O–H groups in total. The lowest BCUT2D eigenvalue weighted by atomic mass is 9.83. The quantitative estimate of drug-likeness (QED) is 0.435. The lowest BCUT2D eigenvalue weighted by Gasteiger charge is -2.25. The molecular formula is C24H29ClFN5O. The van der Waals surface area contributed by atoms with Gasteiger partial charge in [0.05, 0.1) is 11.2 Å². The highest BCUT2D eigenvalue weighted by atomic mass is 35.5. The maximum absolute atomic E-state index is 14.6. The highest BCUT2D eigenvalue weighted by Gasteiger charge is 2.18. The fourth-order valence-corrected chi connectivity index (χ4v) is 3.97. The van der Waals surface area contributed by atoms with Gasteiger partial charge in [0, 0.05) is 42.5 Å². The van der Waals surface area contributed by atoms with Crippen LogP contribution in [-0.4, -0.2) is 29.6 Å². The Morgan fingerprint density at radius 1 is 1.16 bits per heavy atom. The molecule has 8 heteroatoms. The van der Waals surface area contributed by atoms with Crippen LogP contribution in [0.1, 0.15) is 36.9 Å². The Labute approximate surface area is 193 Å². The minimum Gasteiger partial charge on any atom is -0.373 e. The number of aromatic nitrogens is 2. The van der Waals surface area contributed by atoms with Crippen LogP contribution in [0.5, 0.6) is 0 Å². The van der Waals surface area contributed by atoms with E-state index in [1.165, 1.54) is 25.3 Å². The monoisotopic (exact) mass is 457 g/mol. The maximum Gasteiger partial charge on any atom is 0.319 e. The zero-order chi connectivity index (χ0) is 22.0. The molecule has 32 heavy (non-hydrogen) atoms. The summed E-state index contributed by atoms with van der Waals surface area (Å²) < 4.78 is 14.6. The molecule has 1 aliphatic rings. The lowest BCUT2D eigenvalue weighted by Crippen LogP contribution is -2.31. The van der Waals surface area contributed by atoms with Gasteiger partial charge >= 0.3 is 6.03 Å². The van der Waals surface area contributed by atoms with E-state index in [4.69, 9.17) is 4.98 Å². The number of anilines is 2. The second kappa shape index (κ2) is 10.1. The summed E-state index contributed by atoms with van der Waals surface area (Å²) in [7, 11) is 1.81. The van der Waals surface area contributed by atoms with Crippen molar-refractivity contribution in [1.82, 2.24) is 15.3 Å². The molecule has 6 nitrogen and oxygen atoms in total. The molecule has 3 aromatic rings. The van der Waals surface area contributed by atoms with E-state index in [0.717, 1.165) is 45.5 Å². The van der Waals surface area contributed by atoms with Crippen molar-refractivity contribution in [3.63, 3.8) is 0 Å². The van der Waals surface area contributed by atoms with Gasteiger partial charge in [-0.05, 0) is 55.5 Å². The number of carbonyl (C=O) groups excluding carboxylic acids is 1. The van der Waals surface area contributed by atoms with Crippen LogP contribution in [0, 0.1) is 25.6 Å². The largest absolute Gasteiger partial charge is 0.373 e. The zero-order valence-corrected chi connectivity index (χ0v) is 19.4. The Morgan fingerprint density at radius 3 is 2.62 bits per heavy atom. The molecule has 0 spiro atoms. The maximum atomic E-state index is 14.6. The molecule has 0 aliphatic heterocycles. The van der Waals surface area contributed by atoms with Gasteiger partial charge in [-0.1, -0.05) is 19.3 Å². The summed E-state index contributed by atoms with van der Waals surface area (Å²) in [5.74, 6) is 1.01. The highest BCUT2D eigenvalue weighted by Crippen LogP contribution is 2.33. The molecule has 0 unspecified atom stereocenters. The highest BCUT2D eigenvalue weighted by molar-refractivity contribution is 5.92. The summed E-state index contributed by atoms with van der Waals surface area (Å²) >= 11 is 0. The molecule has 4 rings (SSSR count). The van der Waals surface area contributed by atoms with Crippen LogP contribution in [-0.2, 0) is 0 Å². The van der Waals surface area contributed by atoms with Gasteiger partial charge in [-0.3, -0.25) is 4.98 Å². The standard InChI is InChI=1S/C24H28FN5O.ClH/c1-14-9-20(25)22(30-24(31)27-8-7-16-5-4-6-16)11-18(14)19-10-17-13-28-23(26-3)12-21(17)29-15(19)2;/h9-13,16H,4-8H2,1-3H3,(H,26,28)(H2,27,30,31);1H. The first-order valence-electron chi connectivity index (χ1n) is 10.7. The number of aryl methyl sites for hydroxylation is 2. The summed E-state index contributed by atoms with van der Waals surface area (Å²) in [6.07, 6.45) is 6.50. The van der Waals surface area contributed by atoms with Crippen molar-refractivity contribution in [2.75, 3.05) is 24.2 Å². The molecule has 2 heterocycles. The van der Waals surface area contributed by atoms with E-state index in [1.807, 2.05) is 33.0 Å². The number of nitrogens with one attached hydrogen (secondary N) is 3. The summed E-state index contributed by atoms with van der Waals surface area (Å²) in [6.45, 7) is 4.39. The Hall–Kier alpha value is -2.93. The van der Waals surface area contributed by atoms with Gasteiger partial charge < -0.3 is 16.0 Å². The van der Waals surface area contributed by atoms with Gasteiger partial charge in [0.2, 0.25) is 0 Å². The average Bonchev–Trinajstić information content (AvgIpc) is 2.71. The van der Waals surface area contributed by atoms with E-state index in [9.17, 15) is 9.18 Å². The smallest absolute Gasteiger partial charge is 0.319 e. The summed E-state index contributed by atoms with van der Waals surface area (Å²) in [6, 6.07) is 6.65. The number of hydrogen-bond donors (Lipinski definition) is 3.